The van der Waals surface area contributed by atoms with Gasteiger partial charge in [0, 0.05) is 12.1 Å². The van der Waals surface area contributed by atoms with Crippen LogP contribution in [0.1, 0.15) is 22.8 Å². The Kier molecular flexibility index (Phi) is 5.06. The van der Waals surface area contributed by atoms with Gasteiger partial charge in [-0.1, -0.05) is 24.3 Å². The number of carbonyl (C=O) groups excluding carboxylic acids is 1. The molecule has 0 aliphatic rings. The standard InChI is InChI=1S/C17H19FN2O/c1-2-20(16-6-4-3-5-15(16)18)17(21)14-9-7-13(8-10-14)11-12-19/h3-10H,2,11-12,19H2,1H3. The molecule has 0 radical (unpaired) electrons. The van der Waals surface area contributed by atoms with E-state index in [-0.39, 0.29) is 5.91 Å². The molecule has 0 heterocycles. The molecular weight excluding hydrogens is 267 g/mol. The number of nitrogens with zero attached hydrogens (tertiary/aromatic N) is 1. The molecule has 2 N–H and O–H groups in total. The third-order valence-corrected chi connectivity index (χ3v) is 3.34. The molecule has 21 heavy (non-hydrogen) atoms. The van der Waals surface area contributed by atoms with Crippen molar-refractivity contribution in [2.24, 2.45) is 5.73 Å². The minimum absolute atomic E-state index is 0.207. The summed E-state index contributed by atoms with van der Waals surface area (Å²) in [6, 6.07) is 13.6. The van der Waals surface area contributed by atoms with Gasteiger partial charge in [-0.3, -0.25) is 4.79 Å². The molecule has 0 atom stereocenters. The smallest absolute Gasteiger partial charge is 0.258 e. The first-order chi connectivity index (χ1) is 10.2. The zero-order chi connectivity index (χ0) is 15.2. The van der Waals surface area contributed by atoms with E-state index < -0.39 is 5.82 Å². The molecule has 3 nitrogen and oxygen atoms in total. The molecule has 0 aromatic heterocycles. The Balaban J connectivity index is 2.26. The molecule has 2 aromatic rings. The maximum atomic E-state index is 13.9. The number of carbonyl (C=O) groups is 1. The molecule has 0 aliphatic carbocycles. The Labute approximate surface area is 124 Å². The van der Waals surface area contributed by atoms with Gasteiger partial charge in [0.15, 0.2) is 0 Å². The summed E-state index contributed by atoms with van der Waals surface area (Å²) in [6.07, 6.45) is 0.777. The lowest BCUT2D eigenvalue weighted by molar-refractivity contribution is 0.0987. The van der Waals surface area contributed by atoms with E-state index in [1.165, 1.54) is 11.0 Å². The second kappa shape index (κ2) is 6.99. The molecule has 0 aliphatic heterocycles. The van der Waals surface area contributed by atoms with Gasteiger partial charge >= 0.3 is 0 Å². The van der Waals surface area contributed by atoms with E-state index in [1.807, 2.05) is 19.1 Å². The van der Waals surface area contributed by atoms with Crippen LogP contribution in [0.3, 0.4) is 0 Å². The third-order valence-electron chi connectivity index (χ3n) is 3.34. The van der Waals surface area contributed by atoms with Crippen molar-refractivity contribution >= 4 is 11.6 Å². The van der Waals surface area contributed by atoms with E-state index in [0.29, 0.717) is 24.3 Å². The number of nitrogens with two attached hydrogens (primary N) is 1. The van der Waals surface area contributed by atoms with E-state index in [1.54, 1.807) is 30.3 Å². The highest BCUT2D eigenvalue weighted by atomic mass is 19.1. The van der Waals surface area contributed by atoms with Gasteiger partial charge < -0.3 is 10.6 Å². The molecule has 0 saturated heterocycles. The number of anilines is 1. The lowest BCUT2D eigenvalue weighted by Gasteiger charge is -2.21. The summed E-state index contributed by atoms with van der Waals surface area (Å²) < 4.78 is 13.9. The van der Waals surface area contributed by atoms with Gasteiger partial charge in [0.2, 0.25) is 0 Å². The highest BCUT2D eigenvalue weighted by molar-refractivity contribution is 6.06. The molecule has 0 fully saturated rings. The number of rotatable bonds is 5. The van der Waals surface area contributed by atoms with Crippen molar-refractivity contribution in [3.63, 3.8) is 0 Å². The van der Waals surface area contributed by atoms with Crippen molar-refractivity contribution < 1.29 is 9.18 Å². The summed E-state index contributed by atoms with van der Waals surface area (Å²) in [5.74, 6) is -0.602. The van der Waals surface area contributed by atoms with Crippen LogP contribution in [-0.2, 0) is 6.42 Å². The zero-order valence-electron chi connectivity index (χ0n) is 12.1. The fourth-order valence-electron chi connectivity index (χ4n) is 2.23. The van der Waals surface area contributed by atoms with Crippen LogP contribution in [0, 0.1) is 5.82 Å². The SMILES string of the molecule is CCN(C(=O)c1ccc(CCN)cc1)c1ccccc1F. The first-order valence-electron chi connectivity index (χ1n) is 7.02. The van der Waals surface area contributed by atoms with Gasteiger partial charge in [0.1, 0.15) is 5.82 Å². The van der Waals surface area contributed by atoms with Crippen LogP contribution < -0.4 is 10.6 Å². The van der Waals surface area contributed by atoms with E-state index in [9.17, 15) is 9.18 Å². The zero-order valence-corrected chi connectivity index (χ0v) is 12.1. The molecule has 0 saturated carbocycles. The first-order valence-corrected chi connectivity index (χ1v) is 7.02. The summed E-state index contributed by atoms with van der Waals surface area (Å²) in [6.45, 7) is 2.81. The van der Waals surface area contributed by atoms with Crippen molar-refractivity contribution in [3.05, 3.63) is 65.5 Å². The Bertz CT molecular complexity index is 610. The van der Waals surface area contributed by atoms with E-state index in [0.717, 1.165) is 12.0 Å². The monoisotopic (exact) mass is 286 g/mol. The lowest BCUT2D eigenvalue weighted by Crippen LogP contribution is -2.31. The summed E-state index contributed by atoms with van der Waals surface area (Å²) in [5, 5.41) is 0. The van der Waals surface area contributed by atoms with Gasteiger partial charge in [-0.05, 0) is 49.7 Å². The average molecular weight is 286 g/mol. The number of hydrogen-bond donors (Lipinski definition) is 1. The van der Waals surface area contributed by atoms with Gasteiger partial charge in [0.25, 0.3) is 5.91 Å². The van der Waals surface area contributed by atoms with Gasteiger partial charge in [-0.25, -0.2) is 4.39 Å². The maximum Gasteiger partial charge on any atom is 0.258 e. The van der Waals surface area contributed by atoms with Gasteiger partial charge in [-0.2, -0.15) is 0 Å². The predicted octanol–water partition coefficient (Wildman–Crippen LogP) is 2.99. The largest absolute Gasteiger partial charge is 0.330 e. The van der Waals surface area contributed by atoms with Crippen LogP contribution in [0.4, 0.5) is 10.1 Å². The van der Waals surface area contributed by atoms with Crippen LogP contribution in [0.25, 0.3) is 0 Å². The first kappa shape index (κ1) is 15.2. The van der Waals surface area contributed by atoms with Crippen molar-refractivity contribution in [1.29, 1.82) is 0 Å². The lowest BCUT2D eigenvalue weighted by atomic mass is 10.1. The second-order valence-electron chi connectivity index (χ2n) is 4.74. The molecule has 0 spiro atoms. The molecule has 110 valence electrons. The summed E-state index contributed by atoms with van der Waals surface area (Å²) in [7, 11) is 0. The maximum absolute atomic E-state index is 13.9. The third kappa shape index (κ3) is 3.47. The number of amides is 1. The molecule has 4 heteroatoms. The van der Waals surface area contributed by atoms with Gasteiger partial charge in [0.05, 0.1) is 5.69 Å². The summed E-state index contributed by atoms with van der Waals surface area (Å²) in [4.78, 5) is 14.0. The van der Waals surface area contributed by atoms with Crippen molar-refractivity contribution in [3.8, 4) is 0 Å². The van der Waals surface area contributed by atoms with Crippen LogP contribution in [0.15, 0.2) is 48.5 Å². The number of halogens is 1. The van der Waals surface area contributed by atoms with Crippen LogP contribution in [0.5, 0.6) is 0 Å². The Hall–Kier alpha value is -2.20. The highest BCUT2D eigenvalue weighted by Gasteiger charge is 2.18. The minimum Gasteiger partial charge on any atom is -0.330 e. The number of hydrogen-bond acceptors (Lipinski definition) is 2. The molecule has 2 aromatic carbocycles. The van der Waals surface area contributed by atoms with Gasteiger partial charge in [-0.15, -0.1) is 0 Å². The van der Waals surface area contributed by atoms with Crippen molar-refractivity contribution in [2.75, 3.05) is 18.0 Å². The Morgan fingerprint density at radius 1 is 1.14 bits per heavy atom. The summed E-state index contributed by atoms with van der Waals surface area (Å²) in [5.41, 5.74) is 7.43. The Morgan fingerprint density at radius 3 is 2.38 bits per heavy atom. The topological polar surface area (TPSA) is 46.3 Å². The molecule has 1 amide bonds. The van der Waals surface area contributed by atoms with Crippen LogP contribution >= 0.6 is 0 Å². The fourth-order valence-corrected chi connectivity index (χ4v) is 2.23. The highest BCUT2D eigenvalue weighted by Crippen LogP contribution is 2.21. The minimum atomic E-state index is -0.396. The van der Waals surface area contributed by atoms with E-state index in [2.05, 4.69) is 0 Å². The van der Waals surface area contributed by atoms with E-state index in [4.69, 9.17) is 5.73 Å². The quantitative estimate of drug-likeness (QED) is 0.918. The summed E-state index contributed by atoms with van der Waals surface area (Å²) >= 11 is 0. The predicted molar refractivity (Wildman–Crippen MR) is 83.0 cm³/mol. The van der Waals surface area contributed by atoms with E-state index >= 15 is 0 Å². The van der Waals surface area contributed by atoms with Crippen LogP contribution in [0.2, 0.25) is 0 Å². The van der Waals surface area contributed by atoms with Crippen molar-refractivity contribution in [2.45, 2.75) is 13.3 Å². The Morgan fingerprint density at radius 2 is 1.81 bits per heavy atom. The normalized spacial score (nSPS) is 10.4. The van der Waals surface area contributed by atoms with Crippen molar-refractivity contribution in [1.82, 2.24) is 0 Å². The molecule has 2 rings (SSSR count). The average Bonchev–Trinajstić information content (AvgIpc) is 2.51. The molecule has 0 unspecified atom stereocenters. The number of para-hydroxylation sites is 1. The fraction of sp³-hybridized carbons (Fsp3) is 0.235. The second-order valence-corrected chi connectivity index (χ2v) is 4.74. The molecular formula is C17H19FN2O. The van der Waals surface area contributed by atoms with Crippen LogP contribution in [-0.4, -0.2) is 19.0 Å². The molecule has 0 bridgehead atoms. The number of benzene rings is 2.